The Morgan fingerprint density at radius 2 is 1.68 bits per heavy atom. The maximum Gasteiger partial charge on any atom is 0.243 e. The molecule has 1 aromatic rings. The van der Waals surface area contributed by atoms with Crippen LogP contribution in [0.25, 0.3) is 0 Å². The van der Waals surface area contributed by atoms with Crippen LogP contribution in [0.15, 0.2) is 29.2 Å². The summed E-state index contributed by atoms with van der Waals surface area (Å²) in [4.78, 5) is 2.61. The average Bonchev–Trinajstić information content (AvgIpc) is 2.55. The van der Waals surface area contributed by atoms with Crippen LogP contribution >= 0.6 is 0 Å². The molecule has 0 bridgehead atoms. The van der Waals surface area contributed by atoms with Gasteiger partial charge in [0.2, 0.25) is 10.0 Å². The molecule has 1 fully saturated rings. The van der Waals surface area contributed by atoms with Gasteiger partial charge in [-0.05, 0) is 37.2 Å². The molecular formula is C16H26N2O3S. The van der Waals surface area contributed by atoms with Gasteiger partial charge in [-0.1, -0.05) is 20.3 Å². The summed E-state index contributed by atoms with van der Waals surface area (Å²) in [7, 11) is -3.38. The molecule has 0 atom stereocenters. The normalized spacial score (nSPS) is 17.5. The van der Waals surface area contributed by atoms with Gasteiger partial charge in [-0.15, -0.1) is 0 Å². The molecule has 0 aromatic heterocycles. The first kappa shape index (κ1) is 17.2. The molecule has 1 heterocycles. The van der Waals surface area contributed by atoms with Crippen molar-refractivity contribution in [1.82, 2.24) is 9.21 Å². The molecule has 124 valence electrons. The van der Waals surface area contributed by atoms with E-state index in [1.165, 1.54) is 0 Å². The quantitative estimate of drug-likeness (QED) is 0.721. The second-order valence-electron chi connectivity index (χ2n) is 5.51. The van der Waals surface area contributed by atoms with Crippen LogP contribution in [0.3, 0.4) is 0 Å². The number of benzene rings is 1. The van der Waals surface area contributed by atoms with E-state index in [2.05, 4.69) is 18.7 Å². The van der Waals surface area contributed by atoms with Gasteiger partial charge >= 0.3 is 0 Å². The van der Waals surface area contributed by atoms with Crippen LogP contribution < -0.4 is 4.74 Å². The van der Waals surface area contributed by atoms with E-state index >= 15 is 0 Å². The van der Waals surface area contributed by atoms with Crippen molar-refractivity contribution in [2.75, 3.05) is 39.3 Å². The third kappa shape index (κ3) is 4.21. The predicted molar refractivity (Wildman–Crippen MR) is 87.7 cm³/mol. The zero-order valence-electron chi connectivity index (χ0n) is 13.5. The van der Waals surface area contributed by atoms with Crippen molar-refractivity contribution in [2.45, 2.75) is 31.6 Å². The van der Waals surface area contributed by atoms with E-state index in [-0.39, 0.29) is 0 Å². The van der Waals surface area contributed by atoms with Crippen molar-refractivity contribution in [3.05, 3.63) is 24.3 Å². The molecule has 0 saturated carbocycles. The van der Waals surface area contributed by atoms with Gasteiger partial charge in [0.1, 0.15) is 5.75 Å². The Labute approximate surface area is 133 Å². The molecule has 0 amide bonds. The maximum absolute atomic E-state index is 12.6. The van der Waals surface area contributed by atoms with Crippen molar-refractivity contribution in [3.63, 3.8) is 0 Å². The van der Waals surface area contributed by atoms with Crippen LogP contribution in [0.5, 0.6) is 5.75 Å². The van der Waals surface area contributed by atoms with Gasteiger partial charge in [0, 0.05) is 26.2 Å². The molecule has 1 aliphatic heterocycles. The Bertz CT molecular complexity index is 549. The number of sulfonamides is 1. The zero-order valence-corrected chi connectivity index (χ0v) is 14.3. The summed E-state index contributed by atoms with van der Waals surface area (Å²) in [5.41, 5.74) is 0. The van der Waals surface area contributed by atoms with E-state index in [1.807, 2.05) is 0 Å². The Balaban J connectivity index is 2.00. The minimum Gasteiger partial charge on any atom is -0.494 e. The third-order valence-corrected chi connectivity index (χ3v) is 5.92. The minimum absolute atomic E-state index is 0.347. The number of unbranched alkanes of at least 4 members (excludes halogenated alkanes) is 1. The monoisotopic (exact) mass is 326 g/mol. The van der Waals surface area contributed by atoms with Crippen molar-refractivity contribution in [2.24, 2.45) is 0 Å². The van der Waals surface area contributed by atoms with E-state index in [0.717, 1.165) is 38.2 Å². The lowest BCUT2D eigenvalue weighted by molar-refractivity contribution is 0.196. The summed E-state index contributed by atoms with van der Waals surface area (Å²) in [6, 6.07) is 6.77. The van der Waals surface area contributed by atoms with Gasteiger partial charge < -0.3 is 9.64 Å². The van der Waals surface area contributed by atoms with E-state index in [4.69, 9.17) is 4.74 Å². The Morgan fingerprint density at radius 1 is 1.05 bits per heavy atom. The fourth-order valence-corrected chi connectivity index (χ4v) is 3.90. The fourth-order valence-electron chi connectivity index (χ4n) is 2.48. The Morgan fingerprint density at radius 3 is 2.23 bits per heavy atom. The minimum atomic E-state index is -3.38. The van der Waals surface area contributed by atoms with Gasteiger partial charge in [-0.3, -0.25) is 0 Å². The molecule has 6 heteroatoms. The maximum atomic E-state index is 12.6. The van der Waals surface area contributed by atoms with Crippen LogP contribution in [0.4, 0.5) is 0 Å². The first-order valence-electron chi connectivity index (χ1n) is 8.03. The average molecular weight is 326 g/mol. The van der Waals surface area contributed by atoms with Crippen LogP contribution in [0.1, 0.15) is 26.7 Å². The van der Waals surface area contributed by atoms with Gasteiger partial charge in [0.25, 0.3) is 0 Å². The first-order chi connectivity index (χ1) is 10.6. The molecule has 0 radical (unpaired) electrons. The van der Waals surface area contributed by atoms with E-state index < -0.39 is 10.0 Å². The fraction of sp³-hybridized carbons (Fsp3) is 0.625. The molecule has 1 aliphatic rings. The number of ether oxygens (including phenoxy) is 1. The topological polar surface area (TPSA) is 49.9 Å². The lowest BCUT2D eigenvalue weighted by Gasteiger charge is -2.33. The lowest BCUT2D eigenvalue weighted by atomic mass is 10.3. The molecular weight excluding hydrogens is 300 g/mol. The molecule has 0 spiro atoms. The number of likely N-dealkylation sites (N-methyl/N-ethyl adjacent to an activating group) is 1. The molecule has 5 nitrogen and oxygen atoms in total. The second-order valence-corrected chi connectivity index (χ2v) is 7.45. The number of piperazine rings is 1. The van der Waals surface area contributed by atoms with Gasteiger partial charge in [0.15, 0.2) is 0 Å². The second kappa shape index (κ2) is 7.94. The summed E-state index contributed by atoms with van der Waals surface area (Å²) in [6.45, 7) is 8.57. The third-order valence-electron chi connectivity index (χ3n) is 4.01. The van der Waals surface area contributed by atoms with Crippen LogP contribution in [0.2, 0.25) is 0 Å². The molecule has 22 heavy (non-hydrogen) atoms. The highest BCUT2D eigenvalue weighted by Gasteiger charge is 2.27. The summed E-state index contributed by atoms with van der Waals surface area (Å²) < 4.78 is 32.4. The summed E-state index contributed by atoms with van der Waals surface area (Å²) in [5.74, 6) is 0.725. The van der Waals surface area contributed by atoms with Gasteiger partial charge in [0.05, 0.1) is 11.5 Å². The molecule has 0 N–H and O–H groups in total. The molecule has 1 aromatic carbocycles. The number of hydrogen-bond donors (Lipinski definition) is 0. The van der Waals surface area contributed by atoms with Gasteiger partial charge in [-0.2, -0.15) is 4.31 Å². The van der Waals surface area contributed by atoms with Crippen molar-refractivity contribution < 1.29 is 13.2 Å². The summed E-state index contributed by atoms with van der Waals surface area (Å²) in [6.07, 6.45) is 2.08. The molecule has 2 rings (SSSR count). The number of rotatable bonds is 7. The molecule has 0 aliphatic carbocycles. The predicted octanol–water partition coefficient (Wildman–Crippen LogP) is 2.19. The highest BCUT2D eigenvalue weighted by atomic mass is 32.2. The van der Waals surface area contributed by atoms with Crippen LogP contribution in [-0.4, -0.2) is 57.0 Å². The van der Waals surface area contributed by atoms with Crippen LogP contribution in [-0.2, 0) is 10.0 Å². The first-order valence-corrected chi connectivity index (χ1v) is 9.47. The van der Waals surface area contributed by atoms with Crippen LogP contribution in [0, 0.1) is 0 Å². The largest absolute Gasteiger partial charge is 0.494 e. The molecule has 0 unspecified atom stereocenters. The van der Waals surface area contributed by atoms with E-state index in [9.17, 15) is 8.42 Å². The SMILES string of the molecule is CCCCOc1ccc(S(=O)(=O)N2CCN(CC)CC2)cc1. The van der Waals surface area contributed by atoms with Crippen molar-refractivity contribution in [3.8, 4) is 5.75 Å². The van der Waals surface area contributed by atoms with E-state index in [0.29, 0.717) is 24.6 Å². The lowest BCUT2D eigenvalue weighted by Crippen LogP contribution is -2.48. The molecule has 1 saturated heterocycles. The Kier molecular flexibility index (Phi) is 6.23. The van der Waals surface area contributed by atoms with Gasteiger partial charge in [-0.25, -0.2) is 8.42 Å². The Hall–Kier alpha value is -1.11. The highest BCUT2D eigenvalue weighted by molar-refractivity contribution is 7.89. The smallest absolute Gasteiger partial charge is 0.243 e. The zero-order chi connectivity index (χ0) is 16.0. The highest BCUT2D eigenvalue weighted by Crippen LogP contribution is 2.21. The van der Waals surface area contributed by atoms with Crippen molar-refractivity contribution >= 4 is 10.0 Å². The summed E-state index contributed by atoms with van der Waals surface area (Å²) >= 11 is 0. The van der Waals surface area contributed by atoms with E-state index in [1.54, 1.807) is 28.6 Å². The summed E-state index contributed by atoms with van der Waals surface area (Å²) in [5, 5.41) is 0. The standard InChI is InChI=1S/C16H26N2O3S/c1-3-5-14-21-15-6-8-16(9-7-15)22(19,20)18-12-10-17(4-2)11-13-18/h6-9H,3-5,10-14H2,1-2H3. The number of hydrogen-bond acceptors (Lipinski definition) is 4. The number of nitrogens with zero attached hydrogens (tertiary/aromatic N) is 2. The van der Waals surface area contributed by atoms with Crippen molar-refractivity contribution in [1.29, 1.82) is 0 Å².